The zero-order chi connectivity index (χ0) is 26.2. The van der Waals surface area contributed by atoms with E-state index in [2.05, 4.69) is 80.5 Å². The molecule has 0 bridgehead atoms. The van der Waals surface area contributed by atoms with Crippen LogP contribution in [0.15, 0.2) is 65.8 Å². The van der Waals surface area contributed by atoms with Crippen LogP contribution in [0.4, 0.5) is 0 Å². The number of nitrogens with zero attached hydrogens (tertiary/aromatic N) is 7. The van der Waals surface area contributed by atoms with E-state index in [1.165, 1.54) is 5.01 Å². The van der Waals surface area contributed by atoms with Crippen LogP contribution in [0.25, 0.3) is 39.2 Å². The predicted octanol–water partition coefficient (Wildman–Crippen LogP) is 5.09. The van der Waals surface area contributed by atoms with Crippen LogP contribution in [-0.2, 0) is 11.2 Å². The van der Waals surface area contributed by atoms with Gasteiger partial charge >= 0.3 is 0 Å². The molecule has 0 spiro atoms. The number of aryl methyl sites for hydroxylation is 1. The second-order valence-electron chi connectivity index (χ2n) is 9.53. The highest BCUT2D eigenvalue weighted by Gasteiger charge is 2.22. The van der Waals surface area contributed by atoms with Crippen LogP contribution in [0.2, 0.25) is 0 Å². The van der Waals surface area contributed by atoms with Gasteiger partial charge in [-0.15, -0.1) is 5.10 Å². The molecule has 9 nitrogen and oxygen atoms in total. The van der Waals surface area contributed by atoms with Crippen molar-refractivity contribution in [2.75, 3.05) is 7.05 Å². The molecule has 190 valence electrons. The maximum Gasteiger partial charge on any atom is 0.242 e. The summed E-state index contributed by atoms with van der Waals surface area (Å²) in [5.74, 6) is 1.65. The fraction of sp³-hybridized carbons (Fsp3) is 0.241. The quantitative estimate of drug-likeness (QED) is 0.347. The Labute approximate surface area is 220 Å². The molecule has 0 saturated carbocycles. The number of hydrogen-bond donors (Lipinski definition) is 1. The number of amides is 1. The van der Waals surface area contributed by atoms with Gasteiger partial charge in [-0.3, -0.25) is 9.36 Å². The number of rotatable bonds is 6. The van der Waals surface area contributed by atoms with Gasteiger partial charge in [0.1, 0.15) is 5.82 Å². The first-order valence-electron chi connectivity index (χ1n) is 12.8. The largest absolute Gasteiger partial charge is 0.296 e. The highest BCUT2D eigenvalue weighted by Crippen LogP contribution is 2.37. The molecule has 9 heteroatoms. The van der Waals surface area contributed by atoms with Crippen molar-refractivity contribution in [1.29, 1.82) is 0 Å². The van der Waals surface area contributed by atoms with Crippen molar-refractivity contribution in [3.05, 3.63) is 77.6 Å². The molecule has 0 unspecified atom stereocenters. The molecule has 0 atom stereocenters. The highest BCUT2D eigenvalue weighted by atomic mass is 16.2. The van der Waals surface area contributed by atoms with Crippen LogP contribution >= 0.6 is 0 Å². The molecule has 0 saturated heterocycles. The number of carbonyl (C=O) groups is 1. The first-order chi connectivity index (χ1) is 18.5. The summed E-state index contributed by atoms with van der Waals surface area (Å²) in [6.07, 6.45) is 2.89. The highest BCUT2D eigenvalue weighted by molar-refractivity contribution is 6.06. The Bertz CT molecular complexity index is 1670. The Hall–Kier alpha value is -4.66. The van der Waals surface area contributed by atoms with E-state index in [-0.39, 0.29) is 5.91 Å². The third kappa shape index (κ3) is 4.06. The van der Waals surface area contributed by atoms with Crippen LogP contribution < -0.4 is 0 Å². The van der Waals surface area contributed by atoms with Gasteiger partial charge in [0.2, 0.25) is 5.91 Å². The van der Waals surface area contributed by atoms with Gasteiger partial charge in [0.25, 0.3) is 0 Å². The molecule has 6 rings (SSSR count). The summed E-state index contributed by atoms with van der Waals surface area (Å²) in [5, 5.41) is 20.9. The molecule has 3 aromatic carbocycles. The predicted molar refractivity (Wildman–Crippen MR) is 147 cm³/mol. The third-order valence-corrected chi connectivity index (χ3v) is 7.08. The molecular weight excluding hydrogens is 476 g/mol. The molecule has 2 aromatic heterocycles. The normalized spacial score (nSPS) is 13.8. The summed E-state index contributed by atoms with van der Waals surface area (Å²) in [5.41, 5.74) is 9.01. The van der Waals surface area contributed by atoms with E-state index < -0.39 is 0 Å². The molecule has 1 aliphatic rings. The van der Waals surface area contributed by atoms with E-state index in [1.54, 1.807) is 7.05 Å². The minimum Gasteiger partial charge on any atom is -0.296 e. The first-order valence-corrected chi connectivity index (χ1v) is 12.8. The number of nitrogens with one attached hydrogen (secondary N) is 1. The van der Waals surface area contributed by atoms with Crippen LogP contribution in [0, 0.1) is 6.92 Å². The summed E-state index contributed by atoms with van der Waals surface area (Å²) >= 11 is 0. The van der Waals surface area contributed by atoms with Crippen molar-refractivity contribution in [2.45, 2.75) is 39.5 Å². The van der Waals surface area contributed by atoms with E-state index >= 15 is 0 Å². The van der Waals surface area contributed by atoms with Crippen LogP contribution in [-0.4, -0.2) is 53.9 Å². The number of tetrazole rings is 1. The van der Waals surface area contributed by atoms with E-state index in [4.69, 9.17) is 4.98 Å². The Balaban J connectivity index is 1.58. The number of hydrogen-bond acceptors (Lipinski definition) is 6. The maximum absolute atomic E-state index is 12.0. The molecule has 3 heterocycles. The number of hydrazone groups is 1. The van der Waals surface area contributed by atoms with Crippen LogP contribution in [0.1, 0.15) is 43.1 Å². The monoisotopic (exact) mass is 504 g/mol. The Morgan fingerprint density at radius 3 is 2.58 bits per heavy atom. The van der Waals surface area contributed by atoms with Crippen molar-refractivity contribution in [2.24, 2.45) is 5.10 Å². The Kier molecular flexibility index (Phi) is 6.03. The standard InChI is InChI=1S/C29H28N8O/c1-4-8-26-30-23-13-11-20(22-14-16-27(38)36(3)33-22)17-25(23)37(26)24-15-12-21(19-9-6-5-7-10-19)28(18(24)2)29-31-34-35-32-29/h5-7,9-13,15,17H,4,8,14,16H2,1-3H3,(H,31,32,34,35). The van der Waals surface area contributed by atoms with Crippen molar-refractivity contribution in [3.63, 3.8) is 0 Å². The lowest BCUT2D eigenvalue weighted by Gasteiger charge is -2.20. The number of carbonyl (C=O) groups excluding carboxylic acids is 1. The summed E-state index contributed by atoms with van der Waals surface area (Å²) < 4.78 is 2.25. The molecular formula is C29H28N8O. The summed E-state index contributed by atoms with van der Waals surface area (Å²) in [6.45, 7) is 4.27. The zero-order valence-electron chi connectivity index (χ0n) is 21.6. The summed E-state index contributed by atoms with van der Waals surface area (Å²) in [4.78, 5) is 17.0. The minimum atomic E-state index is 0.0358. The molecule has 38 heavy (non-hydrogen) atoms. The van der Waals surface area contributed by atoms with Crippen molar-refractivity contribution in [3.8, 4) is 28.2 Å². The number of fused-ring (bicyclic) bond motifs is 1. The fourth-order valence-electron chi connectivity index (χ4n) is 5.21. The summed E-state index contributed by atoms with van der Waals surface area (Å²) in [7, 11) is 1.71. The van der Waals surface area contributed by atoms with Gasteiger partial charge in [0.15, 0.2) is 5.82 Å². The molecule has 1 N–H and O–H groups in total. The van der Waals surface area contributed by atoms with Gasteiger partial charge in [-0.25, -0.2) is 15.1 Å². The van der Waals surface area contributed by atoms with Gasteiger partial charge in [-0.2, -0.15) is 5.10 Å². The van der Waals surface area contributed by atoms with Crippen LogP contribution in [0.3, 0.4) is 0 Å². The average Bonchev–Trinajstić information content (AvgIpc) is 3.59. The average molecular weight is 505 g/mol. The van der Waals surface area contributed by atoms with E-state index in [1.807, 2.05) is 24.3 Å². The molecule has 5 aromatic rings. The van der Waals surface area contributed by atoms with Crippen LogP contribution in [0.5, 0.6) is 0 Å². The van der Waals surface area contributed by atoms with E-state index in [0.29, 0.717) is 18.7 Å². The van der Waals surface area contributed by atoms with Crippen molar-refractivity contribution < 1.29 is 4.79 Å². The molecule has 0 aliphatic carbocycles. The molecule has 0 fully saturated rings. The second-order valence-corrected chi connectivity index (χ2v) is 9.53. The van der Waals surface area contributed by atoms with Crippen molar-refractivity contribution >= 4 is 22.7 Å². The Morgan fingerprint density at radius 1 is 1.00 bits per heavy atom. The van der Waals surface area contributed by atoms with Crippen molar-refractivity contribution in [1.82, 2.24) is 35.2 Å². The smallest absolute Gasteiger partial charge is 0.242 e. The number of H-pyrrole nitrogens is 1. The molecule has 1 aliphatic heterocycles. The third-order valence-electron chi connectivity index (χ3n) is 7.08. The number of aromatic nitrogens is 6. The van der Waals surface area contributed by atoms with Gasteiger partial charge in [0, 0.05) is 31.9 Å². The topological polar surface area (TPSA) is 105 Å². The Morgan fingerprint density at radius 2 is 1.84 bits per heavy atom. The van der Waals surface area contributed by atoms with Gasteiger partial charge in [-0.1, -0.05) is 49.4 Å². The zero-order valence-corrected chi connectivity index (χ0v) is 21.6. The lowest BCUT2D eigenvalue weighted by Crippen LogP contribution is -2.28. The van der Waals surface area contributed by atoms with E-state index in [9.17, 15) is 4.79 Å². The number of benzene rings is 3. The number of imidazole rings is 1. The number of aromatic amines is 1. The fourth-order valence-corrected chi connectivity index (χ4v) is 5.21. The second kappa shape index (κ2) is 9.66. The molecule has 0 radical (unpaired) electrons. The lowest BCUT2D eigenvalue weighted by molar-refractivity contribution is -0.130. The van der Waals surface area contributed by atoms with Gasteiger partial charge in [-0.05, 0) is 64.2 Å². The minimum absolute atomic E-state index is 0.0358. The lowest BCUT2D eigenvalue weighted by atomic mass is 9.94. The first kappa shape index (κ1) is 23.7. The van der Waals surface area contributed by atoms with Gasteiger partial charge < -0.3 is 0 Å². The SMILES string of the molecule is CCCc1nc2ccc(C3=NN(C)C(=O)CC3)cc2n1-c1ccc(-c2ccccc2)c(-c2nnn[nH]2)c1C. The molecule has 1 amide bonds. The summed E-state index contributed by atoms with van der Waals surface area (Å²) in [6, 6.07) is 20.8. The van der Waals surface area contributed by atoms with E-state index in [0.717, 1.165) is 68.9 Å². The van der Waals surface area contributed by atoms with Gasteiger partial charge in [0.05, 0.1) is 22.4 Å². The maximum atomic E-state index is 12.0.